The average molecular weight is 326 g/mol. The highest BCUT2D eigenvalue weighted by atomic mass is 14.5. The highest BCUT2D eigenvalue weighted by Crippen LogP contribution is 2.56. The molecule has 0 N–H and O–H groups in total. The first-order valence-electron chi connectivity index (χ1n) is 9.32. The van der Waals surface area contributed by atoms with Crippen LogP contribution in [0.1, 0.15) is 54.5 Å². The van der Waals surface area contributed by atoms with Crippen LogP contribution in [0.5, 0.6) is 0 Å². The van der Waals surface area contributed by atoms with Gasteiger partial charge in [-0.15, -0.1) is 0 Å². The average Bonchev–Trinajstić information content (AvgIpc) is 3.11. The normalized spacial score (nSPS) is 24.3. The van der Waals surface area contributed by atoms with Gasteiger partial charge in [-0.05, 0) is 64.6 Å². The van der Waals surface area contributed by atoms with Gasteiger partial charge in [0.25, 0.3) is 0 Å². The van der Waals surface area contributed by atoms with Crippen molar-refractivity contribution in [2.75, 3.05) is 0 Å². The smallest absolute Gasteiger partial charge is 0.0292 e. The van der Waals surface area contributed by atoms with E-state index < -0.39 is 0 Å². The van der Waals surface area contributed by atoms with Crippen molar-refractivity contribution in [3.05, 3.63) is 101 Å². The Morgan fingerprint density at radius 1 is 1.04 bits per heavy atom. The predicted octanol–water partition coefficient (Wildman–Crippen LogP) is 6.38. The molecule has 2 aliphatic rings. The Labute approximate surface area is 151 Å². The fourth-order valence-corrected chi connectivity index (χ4v) is 4.85. The SMILES string of the molecule is C=C/C=C1\C(=C/C)C2(Cc3ccc(C(C)C)cc3C2)c2ccccc21. The van der Waals surface area contributed by atoms with Gasteiger partial charge >= 0.3 is 0 Å². The van der Waals surface area contributed by atoms with E-state index in [1.54, 1.807) is 0 Å². The molecule has 0 amide bonds. The van der Waals surface area contributed by atoms with Gasteiger partial charge in [0.2, 0.25) is 0 Å². The lowest BCUT2D eigenvalue weighted by Crippen LogP contribution is -2.25. The maximum absolute atomic E-state index is 3.95. The molecule has 0 aromatic heterocycles. The number of rotatable bonds is 2. The van der Waals surface area contributed by atoms with Crippen LogP contribution in [0.3, 0.4) is 0 Å². The number of fused-ring (bicyclic) bond motifs is 3. The van der Waals surface area contributed by atoms with Crippen LogP contribution >= 0.6 is 0 Å². The molecule has 4 rings (SSSR count). The van der Waals surface area contributed by atoms with E-state index in [2.05, 4.69) is 82.0 Å². The van der Waals surface area contributed by atoms with E-state index in [9.17, 15) is 0 Å². The van der Waals surface area contributed by atoms with Crippen LogP contribution in [0.25, 0.3) is 5.57 Å². The third-order valence-electron chi connectivity index (χ3n) is 5.99. The van der Waals surface area contributed by atoms with E-state index in [-0.39, 0.29) is 5.41 Å². The minimum absolute atomic E-state index is 0.0954. The van der Waals surface area contributed by atoms with Crippen molar-refractivity contribution in [3.63, 3.8) is 0 Å². The van der Waals surface area contributed by atoms with E-state index in [1.807, 2.05) is 6.08 Å². The van der Waals surface area contributed by atoms with Gasteiger partial charge in [-0.25, -0.2) is 0 Å². The molecular formula is C25H26. The molecule has 2 aromatic rings. The summed E-state index contributed by atoms with van der Waals surface area (Å²) in [5, 5.41) is 0. The fraction of sp³-hybridized carbons (Fsp3) is 0.280. The van der Waals surface area contributed by atoms with Gasteiger partial charge in [0.15, 0.2) is 0 Å². The van der Waals surface area contributed by atoms with E-state index in [4.69, 9.17) is 0 Å². The largest absolute Gasteiger partial charge is 0.0990 e. The molecule has 2 aromatic carbocycles. The van der Waals surface area contributed by atoms with Gasteiger partial charge in [-0.3, -0.25) is 0 Å². The lowest BCUT2D eigenvalue weighted by Gasteiger charge is -2.27. The van der Waals surface area contributed by atoms with E-state index in [1.165, 1.54) is 39.0 Å². The number of benzene rings is 2. The van der Waals surface area contributed by atoms with Crippen LogP contribution in [0.4, 0.5) is 0 Å². The van der Waals surface area contributed by atoms with Crippen molar-refractivity contribution in [2.45, 2.75) is 44.9 Å². The second-order valence-corrected chi connectivity index (χ2v) is 7.68. The zero-order chi connectivity index (χ0) is 17.6. The summed E-state index contributed by atoms with van der Waals surface area (Å²) in [6, 6.07) is 16.1. The first-order valence-corrected chi connectivity index (χ1v) is 9.32. The third kappa shape index (κ3) is 2.28. The summed E-state index contributed by atoms with van der Waals surface area (Å²) in [4.78, 5) is 0. The van der Waals surface area contributed by atoms with Crippen LogP contribution in [0, 0.1) is 0 Å². The summed E-state index contributed by atoms with van der Waals surface area (Å²) in [5.74, 6) is 0.579. The lowest BCUT2D eigenvalue weighted by molar-refractivity contribution is 0.563. The Balaban J connectivity index is 1.90. The molecular weight excluding hydrogens is 300 g/mol. The van der Waals surface area contributed by atoms with Gasteiger partial charge < -0.3 is 0 Å². The lowest BCUT2D eigenvalue weighted by atomic mass is 9.75. The van der Waals surface area contributed by atoms with Gasteiger partial charge in [-0.2, -0.15) is 0 Å². The predicted molar refractivity (Wildman–Crippen MR) is 108 cm³/mol. The Morgan fingerprint density at radius 2 is 1.80 bits per heavy atom. The molecule has 1 atom stereocenters. The van der Waals surface area contributed by atoms with E-state index in [0.717, 1.165) is 12.8 Å². The van der Waals surface area contributed by atoms with Crippen molar-refractivity contribution in [2.24, 2.45) is 0 Å². The van der Waals surface area contributed by atoms with Gasteiger partial charge in [0.1, 0.15) is 0 Å². The Morgan fingerprint density at radius 3 is 2.52 bits per heavy atom. The molecule has 0 bridgehead atoms. The molecule has 25 heavy (non-hydrogen) atoms. The summed E-state index contributed by atoms with van der Waals surface area (Å²) in [5.41, 5.74) is 10.3. The number of allylic oxidation sites excluding steroid dienone is 5. The number of hydrogen-bond donors (Lipinski definition) is 0. The Bertz CT molecular complexity index is 907. The Kier molecular flexibility index (Phi) is 3.80. The molecule has 0 fully saturated rings. The summed E-state index contributed by atoms with van der Waals surface area (Å²) < 4.78 is 0. The molecule has 1 spiro atoms. The van der Waals surface area contributed by atoms with Crippen LogP contribution in [-0.2, 0) is 18.3 Å². The van der Waals surface area contributed by atoms with E-state index in [0.29, 0.717) is 5.92 Å². The van der Waals surface area contributed by atoms with Crippen molar-refractivity contribution in [1.29, 1.82) is 0 Å². The minimum Gasteiger partial charge on any atom is -0.0990 e. The van der Waals surface area contributed by atoms with Crippen molar-refractivity contribution in [1.82, 2.24) is 0 Å². The standard InChI is InChI=1S/C25H26/c1-5-9-21-22-10-7-8-11-24(22)25(23(21)6-2)15-19-13-12-18(17(3)4)14-20(19)16-25/h5-14,17H,1,15-16H2,2-4H3/b21-9-,23-6+. The monoisotopic (exact) mass is 326 g/mol. The van der Waals surface area contributed by atoms with Crippen LogP contribution in [0.15, 0.2) is 72.8 Å². The van der Waals surface area contributed by atoms with Gasteiger partial charge in [0, 0.05) is 5.41 Å². The fourth-order valence-electron chi connectivity index (χ4n) is 4.85. The molecule has 0 heteroatoms. The van der Waals surface area contributed by atoms with Crippen molar-refractivity contribution in [3.8, 4) is 0 Å². The van der Waals surface area contributed by atoms with Crippen LogP contribution in [-0.4, -0.2) is 0 Å². The first kappa shape index (κ1) is 16.1. The van der Waals surface area contributed by atoms with Gasteiger partial charge in [0.05, 0.1) is 0 Å². The Hall–Kier alpha value is -2.34. The van der Waals surface area contributed by atoms with E-state index >= 15 is 0 Å². The second kappa shape index (κ2) is 5.88. The van der Waals surface area contributed by atoms with Crippen LogP contribution in [0.2, 0.25) is 0 Å². The van der Waals surface area contributed by atoms with Crippen molar-refractivity contribution < 1.29 is 0 Å². The topological polar surface area (TPSA) is 0 Å². The summed E-state index contributed by atoms with van der Waals surface area (Å²) in [6.07, 6.45) is 8.64. The number of hydrogen-bond acceptors (Lipinski definition) is 0. The quantitative estimate of drug-likeness (QED) is 0.601. The molecule has 0 heterocycles. The molecule has 2 aliphatic carbocycles. The maximum Gasteiger partial charge on any atom is 0.0292 e. The van der Waals surface area contributed by atoms with Gasteiger partial charge in [-0.1, -0.05) is 81.1 Å². The third-order valence-corrected chi connectivity index (χ3v) is 5.99. The van der Waals surface area contributed by atoms with Crippen molar-refractivity contribution >= 4 is 5.57 Å². The molecule has 126 valence electrons. The zero-order valence-electron chi connectivity index (χ0n) is 15.5. The molecule has 0 saturated carbocycles. The van der Waals surface area contributed by atoms with Crippen LogP contribution < -0.4 is 0 Å². The highest BCUT2D eigenvalue weighted by Gasteiger charge is 2.48. The zero-order valence-corrected chi connectivity index (χ0v) is 15.5. The first-order chi connectivity index (χ1) is 12.1. The second-order valence-electron chi connectivity index (χ2n) is 7.68. The molecule has 1 unspecified atom stereocenters. The molecule has 0 saturated heterocycles. The minimum atomic E-state index is 0.0954. The maximum atomic E-state index is 3.95. The summed E-state index contributed by atoms with van der Waals surface area (Å²) >= 11 is 0. The molecule has 0 aliphatic heterocycles. The highest BCUT2D eigenvalue weighted by molar-refractivity contribution is 5.91. The summed E-state index contributed by atoms with van der Waals surface area (Å²) in [6.45, 7) is 10.7. The molecule has 0 nitrogen and oxygen atoms in total. The summed E-state index contributed by atoms with van der Waals surface area (Å²) in [7, 11) is 0. The molecule has 0 radical (unpaired) electrons.